The van der Waals surface area contributed by atoms with Crippen LogP contribution < -0.4 is 0 Å². The summed E-state index contributed by atoms with van der Waals surface area (Å²) in [7, 11) is 0. The predicted molar refractivity (Wildman–Crippen MR) is 214 cm³/mol. The van der Waals surface area contributed by atoms with Crippen LogP contribution in [0.4, 0.5) is 0 Å². The Hall–Kier alpha value is -6.64. The number of hydrogen-bond donors (Lipinski definition) is 0. The van der Waals surface area contributed by atoms with Crippen LogP contribution in [-0.2, 0) is 6.42 Å². The van der Waals surface area contributed by atoms with Gasteiger partial charge in [-0.2, -0.15) is 0 Å². The summed E-state index contributed by atoms with van der Waals surface area (Å²) in [5.41, 5.74) is 19.8. The lowest BCUT2D eigenvalue weighted by Gasteiger charge is -2.13. The molecular weight excluding hydrogens is 617 g/mol. The third kappa shape index (κ3) is 3.15. The average Bonchev–Trinajstić information content (AvgIpc) is 3.97. The van der Waals surface area contributed by atoms with Crippen molar-refractivity contribution in [2.24, 2.45) is 0 Å². The lowest BCUT2D eigenvalue weighted by atomic mass is 9.99. The summed E-state index contributed by atoms with van der Waals surface area (Å²) >= 11 is 0. The second-order valence-electron chi connectivity index (χ2n) is 14.4. The number of fused-ring (bicyclic) bond motifs is 14. The molecule has 0 atom stereocenters. The van der Waals surface area contributed by atoms with Gasteiger partial charge in [0.15, 0.2) is 0 Å². The molecule has 0 spiro atoms. The first-order valence-corrected chi connectivity index (χ1v) is 17.9. The maximum atomic E-state index is 2.54. The quantitative estimate of drug-likeness (QED) is 0.177. The molecule has 0 fully saturated rings. The van der Waals surface area contributed by atoms with Crippen molar-refractivity contribution in [3.8, 4) is 50.3 Å². The van der Waals surface area contributed by atoms with Gasteiger partial charge >= 0.3 is 0 Å². The zero-order valence-electron chi connectivity index (χ0n) is 27.6. The van der Waals surface area contributed by atoms with Crippen molar-refractivity contribution in [1.29, 1.82) is 0 Å². The fourth-order valence-electron chi connectivity index (χ4n) is 9.94. The normalized spacial score (nSPS) is 13.0. The molecular formula is C49H28N2. The van der Waals surface area contributed by atoms with E-state index in [-0.39, 0.29) is 0 Å². The molecule has 2 aliphatic carbocycles. The van der Waals surface area contributed by atoms with Gasteiger partial charge in [0, 0.05) is 44.3 Å². The van der Waals surface area contributed by atoms with E-state index in [1.807, 2.05) is 0 Å². The standard InChI is InChI=1S/C49H28N2/c1-2-10-31-30(9-1)27-42-38-16-8-15-37-41-26-29(20-23-46(41)51(48(31)42)49(37)38)28-19-22-45-40(25-28)34-13-5-6-18-43(34)50(45)44-24-21-36-33-12-4-3-11-32(33)35-14-7-17-39(44)47(35)36/h1-26H,27H2. The van der Waals surface area contributed by atoms with Crippen molar-refractivity contribution in [3.05, 3.63) is 169 Å². The van der Waals surface area contributed by atoms with Gasteiger partial charge in [-0.3, -0.25) is 0 Å². The third-order valence-corrected chi connectivity index (χ3v) is 12.0. The Labute approximate surface area is 293 Å². The van der Waals surface area contributed by atoms with Crippen LogP contribution in [0.2, 0.25) is 0 Å². The van der Waals surface area contributed by atoms with Gasteiger partial charge in [0.05, 0.1) is 33.4 Å². The Morgan fingerprint density at radius 1 is 0.392 bits per heavy atom. The second-order valence-corrected chi connectivity index (χ2v) is 14.4. The molecule has 2 nitrogen and oxygen atoms in total. The molecule has 0 aliphatic heterocycles. The van der Waals surface area contributed by atoms with Crippen LogP contribution in [0.1, 0.15) is 11.1 Å². The van der Waals surface area contributed by atoms with Gasteiger partial charge < -0.3 is 8.97 Å². The number of nitrogens with zero attached hydrogens (tertiary/aromatic N) is 2. The highest BCUT2D eigenvalue weighted by molar-refractivity contribution is 6.20. The lowest BCUT2D eigenvalue weighted by Crippen LogP contribution is -1.95. The maximum absolute atomic E-state index is 2.54. The van der Waals surface area contributed by atoms with Crippen molar-refractivity contribution in [2.75, 3.05) is 0 Å². The van der Waals surface area contributed by atoms with Crippen molar-refractivity contribution in [2.45, 2.75) is 6.42 Å². The molecule has 0 radical (unpaired) electrons. The minimum Gasteiger partial charge on any atom is -0.309 e. The van der Waals surface area contributed by atoms with Gasteiger partial charge in [0.25, 0.3) is 0 Å². The van der Waals surface area contributed by atoms with E-state index in [0.29, 0.717) is 0 Å². The molecule has 11 aromatic rings. The van der Waals surface area contributed by atoms with E-state index >= 15 is 0 Å². The monoisotopic (exact) mass is 644 g/mol. The van der Waals surface area contributed by atoms with Gasteiger partial charge in [0.2, 0.25) is 0 Å². The summed E-state index contributed by atoms with van der Waals surface area (Å²) in [6, 6.07) is 59.1. The minimum atomic E-state index is 1.01. The summed E-state index contributed by atoms with van der Waals surface area (Å²) in [5, 5.41) is 9.23. The summed E-state index contributed by atoms with van der Waals surface area (Å²) in [4.78, 5) is 0. The third-order valence-electron chi connectivity index (χ3n) is 12.0. The number of benzene rings is 8. The van der Waals surface area contributed by atoms with E-state index in [1.54, 1.807) is 0 Å². The molecule has 2 aliphatic rings. The molecule has 234 valence electrons. The molecule has 0 N–H and O–H groups in total. The van der Waals surface area contributed by atoms with Crippen LogP contribution >= 0.6 is 0 Å². The second kappa shape index (κ2) is 9.12. The molecule has 13 rings (SSSR count). The van der Waals surface area contributed by atoms with Crippen LogP contribution in [0, 0.1) is 0 Å². The largest absolute Gasteiger partial charge is 0.309 e. The van der Waals surface area contributed by atoms with Gasteiger partial charge in [0.1, 0.15) is 0 Å². The lowest BCUT2D eigenvalue weighted by molar-refractivity contribution is 1.20. The van der Waals surface area contributed by atoms with Crippen LogP contribution in [0.15, 0.2) is 158 Å². The summed E-state index contributed by atoms with van der Waals surface area (Å²) in [6.45, 7) is 0. The molecule has 51 heavy (non-hydrogen) atoms. The van der Waals surface area contributed by atoms with E-state index in [9.17, 15) is 0 Å². The molecule has 2 heteroatoms. The van der Waals surface area contributed by atoms with E-state index in [1.165, 1.54) is 121 Å². The molecule has 3 aromatic heterocycles. The minimum absolute atomic E-state index is 1.01. The van der Waals surface area contributed by atoms with E-state index in [4.69, 9.17) is 0 Å². The highest BCUT2D eigenvalue weighted by Gasteiger charge is 2.29. The van der Waals surface area contributed by atoms with E-state index < -0.39 is 0 Å². The van der Waals surface area contributed by atoms with Crippen LogP contribution in [0.3, 0.4) is 0 Å². The molecule has 0 amide bonds. The Kier molecular flexibility index (Phi) is 4.70. The van der Waals surface area contributed by atoms with Crippen molar-refractivity contribution < 1.29 is 0 Å². The zero-order valence-corrected chi connectivity index (χ0v) is 27.6. The number of aromatic nitrogens is 2. The molecule has 0 saturated carbocycles. The van der Waals surface area contributed by atoms with Gasteiger partial charge in [-0.05, 0) is 86.3 Å². The molecule has 8 aromatic carbocycles. The van der Waals surface area contributed by atoms with Crippen LogP contribution in [0.5, 0.6) is 0 Å². The van der Waals surface area contributed by atoms with Gasteiger partial charge in [-0.15, -0.1) is 0 Å². The maximum Gasteiger partial charge on any atom is 0.0617 e. The van der Waals surface area contributed by atoms with Gasteiger partial charge in [-0.25, -0.2) is 0 Å². The first-order valence-electron chi connectivity index (χ1n) is 17.9. The highest BCUT2D eigenvalue weighted by Crippen LogP contribution is 2.50. The van der Waals surface area contributed by atoms with Crippen molar-refractivity contribution in [3.63, 3.8) is 0 Å². The summed E-state index contributed by atoms with van der Waals surface area (Å²) < 4.78 is 5.02. The highest BCUT2D eigenvalue weighted by atomic mass is 15.0. The summed E-state index contributed by atoms with van der Waals surface area (Å²) in [5.74, 6) is 0. The van der Waals surface area contributed by atoms with E-state index in [0.717, 1.165) is 6.42 Å². The van der Waals surface area contributed by atoms with E-state index in [2.05, 4.69) is 167 Å². The van der Waals surface area contributed by atoms with Crippen molar-refractivity contribution in [1.82, 2.24) is 8.97 Å². The van der Waals surface area contributed by atoms with Crippen LogP contribution in [0.25, 0.3) is 110 Å². The predicted octanol–water partition coefficient (Wildman–Crippen LogP) is 12.8. The molecule has 0 saturated heterocycles. The SMILES string of the molecule is c1ccc2c(c1)Cc1c-2n2c3ccc(-c4ccc5c(c4)c4ccccc4n5-c4ccc5c6c(cccc46)-c4ccccc4-5)cc3c3cccc1c32. The Balaban J connectivity index is 1.03. The molecule has 3 heterocycles. The van der Waals surface area contributed by atoms with Gasteiger partial charge in [-0.1, -0.05) is 121 Å². The average molecular weight is 645 g/mol. The Morgan fingerprint density at radius 2 is 1.00 bits per heavy atom. The molecule has 0 bridgehead atoms. The fraction of sp³-hybridized carbons (Fsp3) is 0.0204. The smallest absolute Gasteiger partial charge is 0.0617 e. The topological polar surface area (TPSA) is 9.34 Å². The zero-order chi connectivity index (χ0) is 32.9. The Morgan fingerprint density at radius 3 is 1.86 bits per heavy atom. The number of hydrogen-bond acceptors (Lipinski definition) is 0. The van der Waals surface area contributed by atoms with Crippen LogP contribution in [-0.4, -0.2) is 8.97 Å². The molecule has 0 unspecified atom stereocenters. The Bertz CT molecular complexity index is 3300. The number of para-hydroxylation sites is 2. The first-order chi connectivity index (χ1) is 25.3. The number of rotatable bonds is 2. The fourth-order valence-corrected chi connectivity index (χ4v) is 9.94. The first kappa shape index (κ1) is 26.3. The van der Waals surface area contributed by atoms with Crippen molar-refractivity contribution >= 4 is 59.8 Å². The summed E-state index contributed by atoms with van der Waals surface area (Å²) in [6.07, 6.45) is 1.01.